The number of carbonyl (C=O) groups excluding carboxylic acids is 2. The number of para-hydroxylation sites is 2. The van der Waals surface area contributed by atoms with Gasteiger partial charge in [0.05, 0.1) is 24.3 Å². The van der Waals surface area contributed by atoms with E-state index in [4.69, 9.17) is 16.3 Å². The molecule has 0 unspecified atom stereocenters. The van der Waals surface area contributed by atoms with Gasteiger partial charge in [-0.1, -0.05) is 29.8 Å². The van der Waals surface area contributed by atoms with Gasteiger partial charge >= 0.3 is 0 Å². The van der Waals surface area contributed by atoms with Gasteiger partial charge in [-0.15, -0.1) is 0 Å². The monoisotopic (exact) mass is 453 g/mol. The molecule has 0 aliphatic carbocycles. The van der Waals surface area contributed by atoms with Crippen molar-refractivity contribution in [3.05, 3.63) is 69.0 Å². The van der Waals surface area contributed by atoms with Crippen molar-refractivity contribution in [3.63, 3.8) is 0 Å². The van der Waals surface area contributed by atoms with E-state index in [2.05, 4.69) is 25.9 Å². The fourth-order valence-electron chi connectivity index (χ4n) is 3.48. The smallest absolute Gasteiger partial charge is 0.258 e. The van der Waals surface area contributed by atoms with Crippen LogP contribution in [0.15, 0.2) is 47.3 Å². The Labute approximate surface area is 188 Å². The van der Waals surface area contributed by atoms with Crippen LogP contribution in [-0.4, -0.2) is 28.9 Å². The van der Waals surface area contributed by atoms with E-state index in [9.17, 15) is 14.4 Å². The molecule has 0 saturated heterocycles. The van der Waals surface area contributed by atoms with Crippen LogP contribution in [0.5, 0.6) is 5.75 Å². The summed E-state index contributed by atoms with van der Waals surface area (Å²) in [6.45, 7) is 1.82. The number of aromatic nitrogens is 2. The number of H-pyrrole nitrogens is 1. The molecule has 0 fully saturated rings. The molecule has 0 bridgehead atoms. The van der Waals surface area contributed by atoms with Crippen molar-refractivity contribution in [2.45, 2.75) is 19.3 Å². The second-order valence-corrected chi connectivity index (χ2v) is 7.69. The zero-order chi connectivity index (χ0) is 22.8. The van der Waals surface area contributed by atoms with Gasteiger partial charge in [0, 0.05) is 17.1 Å². The highest BCUT2D eigenvalue weighted by Gasteiger charge is 2.35. The van der Waals surface area contributed by atoms with Crippen molar-refractivity contribution in [2.24, 2.45) is 0 Å². The van der Waals surface area contributed by atoms with Gasteiger partial charge < -0.3 is 20.7 Å². The Morgan fingerprint density at radius 3 is 2.75 bits per heavy atom. The van der Waals surface area contributed by atoms with Crippen LogP contribution < -0.4 is 26.2 Å². The molecule has 32 heavy (non-hydrogen) atoms. The van der Waals surface area contributed by atoms with Crippen LogP contribution in [0.1, 0.15) is 23.5 Å². The SMILES string of the molecule is COc1ccccc1Nc1nc2c(c(=O)[nH]1)[C@H](C(=O)Nc1cc(Cl)ccc1C)CC(=O)N2. The molecule has 4 N–H and O–H groups in total. The van der Waals surface area contributed by atoms with Gasteiger partial charge in [0.1, 0.15) is 11.6 Å². The number of fused-ring (bicyclic) bond motifs is 1. The summed E-state index contributed by atoms with van der Waals surface area (Å²) in [7, 11) is 1.52. The Morgan fingerprint density at radius 2 is 1.97 bits per heavy atom. The van der Waals surface area contributed by atoms with Crippen molar-refractivity contribution in [3.8, 4) is 5.75 Å². The number of ether oxygens (including phenoxy) is 1. The van der Waals surface area contributed by atoms with E-state index in [1.165, 1.54) is 7.11 Å². The van der Waals surface area contributed by atoms with Crippen LogP contribution in [0.4, 0.5) is 23.1 Å². The number of halogens is 1. The molecule has 2 aromatic carbocycles. The van der Waals surface area contributed by atoms with Gasteiger partial charge in [0.25, 0.3) is 5.56 Å². The first-order valence-electron chi connectivity index (χ1n) is 9.77. The largest absolute Gasteiger partial charge is 0.495 e. The van der Waals surface area contributed by atoms with Gasteiger partial charge in [-0.3, -0.25) is 19.4 Å². The van der Waals surface area contributed by atoms with Crippen LogP contribution in [0, 0.1) is 6.92 Å². The summed E-state index contributed by atoms with van der Waals surface area (Å²) in [4.78, 5) is 45.1. The number of methoxy groups -OCH3 is 1. The molecule has 0 spiro atoms. The number of hydrogen-bond donors (Lipinski definition) is 4. The van der Waals surface area contributed by atoms with Gasteiger partial charge in [0.15, 0.2) is 0 Å². The molecule has 2 amide bonds. The molecule has 2 heterocycles. The number of nitrogens with zero attached hydrogens (tertiary/aromatic N) is 1. The second kappa shape index (κ2) is 8.72. The zero-order valence-electron chi connectivity index (χ0n) is 17.3. The minimum atomic E-state index is -1.01. The number of benzene rings is 2. The molecule has 0 radical (unpaired) electrons. The van der Waals surface area contributed by atoms with Gasteiger partial charge in [-0.05, 0) is 36.8 Å². The summed E-state index contributed by atoms with van der Waals surface area (Å²) in [5.41, 5.74) is 1.44. The molecule has 164 valence electrons. The highest BCUT2D eigenvalue weighted by molar-refractivity contribution is 6.31. The molecule has 1 aliphatic heterocycles. The lowest BCUT2D eigenvalue weighted by Gasteiger charge is -2.24. The van der Waals surface area contributed by atoms with Crippen molar-refractivity contribution >= 4 is 46.6 Å². The van der Waals surface area contributed by atoms with Crippen molar-refractivity contribution < 1.29 is 14.3 Å². The van der Waals surface area contributed by atoms with E-state index in [0.717, 1.165) is 5.56 Å². The summed E-state index contributed by atoms with van der Waals surface area (Å²) in [6, 6.07) is 12.2. The minimum Gasteiger partial charge on any atom is -0.495 e. The fraction of sp³-hybridized carbons (Fsp3) is 0.182. The Bertz CT molecular complexity index is 1270. The molecule has 0 saturated carbocycles. The predicted octanol–water partition coefficient (Wildman–Crippen LogP) is 3.55. The lowest BCUT2D eigenvalue weighted by molar-refractivity contribution is -0.123. The third kappa shape index (κ3) is 4.28. The average molecular weight is 454 g/mol. The highest BCUT2D eigenvalue weighted by Crippen LogP contribution is 2.32. The van der Waals surface area contributed by atoms with Gasteiger partial charge in [0.2, 0.25) is 17.8 Å². The number of nitrogens with one attached hydrogen (secondary N) is 4. The Kier molecular flexibility index (Phi) is 5.83. The van der Waals surface area contributed by atoms with E-state index < -0.39 is 23.3 Å². The molecule has 9 nitrogen and oxygen atoms in total. The summed E-state index contributed by atoms with van der Waals surface area (Å²) in [6.07, 6.45) is -0.178. The maximum atomic E-state index is 13.0. The molecule has 3 aromatic rings. The normalized spacial score (nSPS) is 14.8. The topological polar surface area (TPSA) is 125 Å². The van der Waals surface area contributed by atoms with Crippen LogP contribution in [0.2, 0.25) is 5.02 Å². The summed E-state index contributed by atoms with van der Waals surface area (Å²) >= 11 is 6.02. The quantitative estimate of drug-likeness (QED) is 0.468. The summed E-state index contributed by atoms with van der Waals surface area (Å²) < 4.78 is 5.29. The van der Waals surface area contributed by atoms with Crippen LogP contribution in [-0.2, 0) is 9.59 Å². The fourth-order valence-corrected chi connectivity index (χ4v) is 3.65. The van der Waals surface area contributed by atoms with E-state index in [1.54, 1.807) is 42.5 Å². The highest BCUT2D eigenvalue weighted by atomic mass is 35.5. The number of amides is 2. The van der Waals surface area contributed by atoms with Crippen LogP contribution in [0.25, 0.3) is 0 Å². The number of carbonyl (C=O) groups is 2. The van der Waals surface area contributed by atoms with E-state index in [1.807, 2.05) is 6.92 Å². The van der Waals surface area contributed by atoms with Crippen molar-refractivity contribution in [1.29, 1.82) is 0 Å². The molecular weight excluding hydrogens is 434 g/mol. The standard InChI is InChI=1S/C22H20ClN5O4/c1-11-7-8-12(23)9-15(11)24-20(30)13-10-17(29)26-19-18(13)21(31)28-22(27-19)25-14-5-3-4-6-16(14)32-2/h3-9,13H,10H2,1-2H3,(H,24,30)(H3,25,26,27,28,29,31)/t13-/m1/s1. The second-order valence-electron chi connectivity index (χ2n) is 7.26. The Balaban J connectivity index is 1.66. The maximum Gasteiger partial charge on any atom is 0.258 e. The number of rotatable bonds is 5. The summed E-state index contributed by atoms with van der Waals surface area (Å²) in [5.74, 6) is -1.23. The van der Waals surface area contributed by atoms with E-state index in [-0.39, 0.29) is 23.8 Å². The first-order chi connectivity index (χ1) is 15.4. The Morgan fingerprint density at radius 1 is 1.19 bits per heavy atom. The molecule has 1 aliphatic rings. The lowest BCUT2D eigenvalue weighted by atomic mass is 9.92. The number of hydrogen-bond acceptors (Lipinski definition) is 6. The third-order valence-electron chi connectivity index (χ3n) is 5.09. The molecule has 1 aromatic heterocycles. The predicted molar refractivity (Wildman–Crippen MR) is 122 cm³/mol. The van der Waals surface area contributed by atoms with Gasteiger partial charge in [-0.25, -0.2) is 0 Å². The number of anilines is 4. The van der Waals surface area contributed by atoms with Gasteiger partial charge in [-0.2, -0.15) is 4.98 Å². The molecule has 4 rings (SSSR count). The van der Waals surface area contributed by atoms with E-state index in [0.29, 0.717) is 22.1 Å². The first-order valence-corrected chi connectivity index (χ1v) is 10.1. The van der Waals surface area contributed by atoms with Crippen molar-refractivity contribution in [1.82, 2.24) is 9.97 Å². The van der Waals surface area contributed by atoms with E-state index >= 15 is 0 Å². The van der Waals surface area contributed by atoms with Crippen LogP contribution in [0.3, 0.4) is 0 Å². The number of aryl methyl sites for hydroxylation is 1. The number of aromatic amines is 1. The molecular formula is C22H20ClN5O4. The lowest BCUT2D eigenvalue weighted by Crippen LogP contribution is -2.36. The van der Waals surface area contributed by atoms with Crippen molar-refractivity contribution in [2.75, 3.05) is 23.1 Å². The zero-order valence-corrected chi connectivity index (χ0v) is 18.0. The first kappa shape index (κ1) is 21.4. The Hall–Kier alpha value is -3.85. The molecule has 1 atom stereocenters. The molecule has 10 heteroatoms. The maximum absolute atomic E-state index is 13.0. The third-order valence-corrected chi connectivity index (χ3v) is 5.32. The minimum absolute atomic E-state index is 0.0327. The van der Waals surface area contributed by atoms with Crippen LogP contribution >= 0.6 is 11.6 Å². The average Bonchev–Trinajstić information content (AvgIpc) is 2.75. The summed E-state index contributed by atoms with van der Waals surface area (Å²) in [5, 5.41) is 8.77.